The van der Waals surface area contributed by atoms with Crippen LogP contribution in [0.1, 0.15) is 24.2 Å². The molecular weight excluding hydrogens is 562 g/mol. The molecule has 0 unspecified atom stereocenters. The average molecular weight is 583 g/mol. The molecule has 2 aromatic carbocycles. The second kappa shape index (κ2) is 11.5. The zero-order chi connectivity index (χ0) is 23.1. The monoisotopic (exact) mass is 581 g/mol. The maximum absolute atomic E-state index is 12.7. The van der Waals surface area contributed by atoms with Crippen molar-refractivity contribution in [2.24, 2.45) is 0 Å². The molecule has 0 saturated carbocycles. The van der Waals surface area contributed by atoms with Gasteiger partial charge in [-0.3, -0.25) is 4.79 Å². The molecule has 0 fully saturated rings. The van der Waals surface area contributed by atoms with Crippen LogP contribution in [0, 0.1) is 0 Å². The molecule has 0 bridgehead atoms. The molecule has 168 valence electrons. The van der Waals surface area contributed by atoms with Crippen molar-refractivity contribution in [3.63, 3.8) is 0 Å². The number of nitrogens with one attached hydrogen (secondary N) is 1. The number of hydrogen-bond donors (Lipinski definition) is 1. The molecule has 9 heteroatoms. The van der Waals surface area contributed by atoms with E-state index in [1.165, 1.54) is 11.3 Å². The Labute approximate surface area is 207 Å². The minimum absolute atomic E-state index is 0.210. The molecule has 0 spiro atoms. The van der Waals surface area contributed by atoms with Crippen LogP contribution in [0.3, 0.4) is 0 Å². The molecular formula is C23H21Br2NO5S. The van der Waals surface area contributed by atoms with E-state index in [0.29, 0.717) is 28.5 Å². The molecule has 0 aliphatic carbocycles. The summed E-state index contributed by atoms with van der Waals surface area (Å²) in [5.74, 6) is 0.402. The highest BCUT2D eigenvalue weighted by atomic mass is 79.9. The quantitative estimate of drug-likeness (QED) is 0.290. The van der Waals surface area contributed by atoms with Crippen LogP contribution in [-0.2, 0) is 9.53 Å². The molecule has 0 radical (unpaired) electrons. The van der Waals surface area contributed by atoms with Gasteiger partial charge in [0, 0.05) is 15.4 Å². The molecule has 6 nitrogen and oxygen atoms in total. The van der Waals surface area contributed by atoms with E-state index in [4.69, 9.17) is 14.2 Å². The van der Waals surface area contributed by atoms with Gasteiger partial charge in [0.1, 0.15) is 22.1 Å². The fraction of sp³-hybridized carbons (Fsp3) is 0.217. The van der Waals surface area contributed by atoms with E-state index in [0.717, 1.165) is 20.3 Å². The summed E-state index contributed by atoms with van der Waals surface area (Å²) in [4.78, 5) is 25.2. The predicted octanol–water partition coefficient (Wildman–Crippen LogP) is 6.53. The van der Waals surface area contributed by atoms with Crippen molar-refractivity contribution in [3.8, 4) is 22.6 Å². The lowest BCUT2D eigenvalue weighted by molar-refractivity contribution is -0.118. The molecule has 0 atom stereocenters. The van der Waals surface area contributed by atoms with E-state index in [1.807, 2.05) is 48.7 Å². The van der Waals surface area contributed by atoms with Crippen LogP contribution in [0.25, 0.3) is 11.1 Å². The first kappa shape index (κ1) is 24.3. The van der Waals surface area contributed by atoms with Crippen molar-refractivity contribution in [1.29, 1.82) is 0 Å². The van der Waals surface area contributed by atoms with Gasteiger partial charge in [0.05, 0.1) is 17.7 Å². The number of ether oxygens (including phenoxy) is 3. The zero-order valence-electron chi connectivity index (χ0n) is 17.4. The number of anilines is 1. The van der Waals surface area contributed by atoms with E-state index < -0.39 is 5.97 Å². The van der Waals surface area contributed by atoms with Crippen molar-refractivity contribution >= 4 is 60.1 Å². The van der Waals surface area contributed by atoms with Crippen LogP contribution in [0.15, 0.2) is 56.8 Å². The van der Waals surface area contributed by atoms with Crippen LogP contribution >= 0.6 is 43.2 Å². The van der Waals surface area contributed by atoms with Crippen LogP contribution in [0.2, 0.25) is 0 Å². The minimum atomic E-state index is -0.496. The average Bonchev–Trinajstić information content (AvgIpc) is 3.17. The second-order valence-corrected chi connectivity index (χ2v) is 9.09. The van der Waals surface area contributed by atoms with E-state index in [2.05, 4.69) is 37.2 Å². The third-order valence-electron chi connectivity index (χ3n) is 4.25. The maximum atomic E-state index is 12.7. The lowest BCUT2D eigenvalue weighted by Crippen LogP contribution is -2.21. The van der Waals surface area contributed by atoms with Gasteiger partial charge in [-0.2, -0.15) is 0 Å². The van der Waals surface area contributed by atoms with E-state index >= 15 is 0 Å². The Hall–Kier alpha value is -2.36. The zero-order valence-corrected chi connectivity index (χ0v) is 21.4. The fourth-order valence-electron chi connectivity index (χ4n) is 2.86. The molecule has 1 amide bonds. The first-order valence-electron chi connectivity index (χ1n) is 9.82. The number of esters is 1. The molecule has 1 aromatic heterocycles. The van der Waals surface area contributed by atoms with Crippen LogP contribution in [0.5, 0.6) is 11.5 Å². The summed E-state index contributed by atoms with van der Waals surface area (Å²) in [5, 5.41) is 5.01. The van der Waals surface area contributed by atoms with Gasteiger partial charge in [-0.1, -0.05) is 28.1 Å². The summed E-state index contributed by atoms with van der Waals surface area (Å²) < 4.78 is 17.9. The van der Waals surface area contributed by atoms with E-state index in [9.17, 15) is 9.59 Å². The smallest absolute Gasteiger partial charge is 0.341 e. The Morgan fingerprint density at radius 1 is 1.00 bits per heavy atom. The molecule has 32 heavy (non-hydrogen) atoms. The molecule has 3 aromatic rings. The Morgan fingerprint density at radius 3 is 2.41 bits per heavy atom. The second-order valence-electron chi connectivity index (χ2n) is 6.44. The minimum Gasteiger partial charge on any atom is -0.494 e. The SMILES string of the molecule is CCOC(=O)c1c(-c2ccc(OCC)cc2)csc1NC(=O)COc1ccc(Br)cc1Br. The van der Waals surface area contributed by atoms with Crippen molar-refractivity contribution in [1.82, 2.24) is 0 Å². The van der Waals surface area contributed by atoms with E-state index in [-0.39, 0.29) is 19.1 Å². The van der Waals surface area contributed by atoms with Crippen LogP contribution < -0.4 is 14.8 Å². The summed E-state index contributed by atoms with van der Waals surface area (Å²) in [5.41, 5.74) is 1.82. The Balaban J connectivity index is 1.79. The molecule has 3 rings (SSSR count). The summed E-state index contributed by atoms with van der Waals surface area (Å²) >= 11 is 8.03. The van der Waals surface area contributed by atoms with Gasteiger partial charge in [-0.05, 0) is 65.7 Å². The fourth-order valence-corrected chi connectivity index (χ4v) is 5.00. The Morgan fingerprint density at radius 2 is 1.75 bits per heavy atom. The lowest BCUT2D eigenvalue weighted by atomic mass is 10.0. The van der Waals surface area contributed by atoms with Gasteiger partial charge in [0.2, 0.25) is 0 Å². The third kappa shape index (κ3) is 6.11. The van der Waals surface area contributed by atoms with Crippen LogP contribution in [0.4, 0.5) is 5.00 Å². The van der Waals surface area contributed by atoms with Gasteiger partial charge in [0.15, 0.2) is 6.61 Å². The first-order chi connectivity index (χ1) is 15.4. The maximum Gasteiger partial charge on any atom is 0.341 e. The number of carbonyl (C=O) groups is 2. The molecule has 0 aliphatic rings. The number of hydrogen-bond acceptors (Lipinski definition) is 6. The van der Waals surface area contributed by atoms with Gasteiger partial charge in [-0.15, -0.1) is 11.3 Å². The number of carbonyl (C=O) groups excluding carboxylic acids is 2. The summed E-state index contributed by atoms with van der Waals surface area (Å²) in [7, 11) is 0. The highest BCUT2D eigenvalue weighted by Crippen LogP contribution is 2.37. The van der Waals surface area contributed by atoms with Gasteiger partial charge >= 0.3 is 5.97 Å². The molecule has 0 saturated heterocycles. The van der Waals surface area contributed by atoms with Crippen molar-refractivity contribution < 1.29 is 23.8 Å². The topological polar surface area (TPSA) is 73.9 Å². The van der Waals surface area contributed by atoms with Crippen molar-refractivity contribution in [2.45, 2.75) is 13.8 Å². The van der Waals surface area contributed by atoms with Gasteiger partial charge < -0.3 is 19.5 Å². The molecule has 1 N–H and O–H groups in total. The van der Waals surface area contributed by atoms with Crippen LogP contribution in [-0.4, -0.2) is 31.7 Å². The molecule has 0 aliphatic heterocycles. The predicted molar refractivity (Wildman–Crippen MR) is 133 cm³/mol. The summed E-state index contributed by atoms with van der Waals surface area (Å²) in [6.45, 7) is 4.24. The normalized spacial score (nSPS) is 10.5. The number of benzene rings is 2. The van der Waals surface area contributed by atoms with Gasteiger partial charge in [-0.25, -0.2) is 4.79 Å². The Bertz CT molecular complexity index is 1100. The van der Waals surface area contributed by atoms with Crippen molar-refractivity contribution in [3.05, 3.63) is 62.4 Å². The highest BCUT2D eigenvalue weighted by Gasteiger charge is 2.23. The molecule has 1 heterocycles. The highest BCUT2D eigenvalue weighted by molar-refractivity contribution is 9.11. The number of halogens is 2. The first-order valence-corrected chi connectivity index (χ1v) is 12.3. The van der Waals surface area contributed by atoms with E-state index in [1.54, 1.807) is 13.0 Å². The Kier molecular flexibility index (Phi) is 8.72. The number of rotatable bonds is 9. The summed E-state index contributed by atoms with van der Waals surface area (Å²) in [6.07, 6.45) is 0. The largest absolute Gasteiger partial charge is 0.494 e. The van der Waals surface area contributed by atoms with Gasteiger partial charge in [0.25, 0.3) is 5.91 Å². The lowest BCUT2D eigenvalue weighted by Gasteiger charge is -2.11. The number of amides is 1. The third-order valence-corrected chi connectivity index (χ3v) is 6.26. The van der Waals surface area contributed by atoms with Crippen molar-refractivity contribution in [2.75, 3.05) is 25.1 Å². The standard InChI is InChI=1S/C23H21Br2NO5S/c1-3-29-16-8-5-14(6-9-16)17-13-32-22(21(17)23(28)30-4-2)26-20(27)12-31-19-10-7-15(24)11-18(19)25/h5-11,13H,3-4,12H2,1-2H3,(H,26,27). The summed E-state index contributed by atoms with van der Waals surface area (Å²) in [6, 6.07) is 12.8. The number of thiophene rings is 1.